The van der Waals surface area contributed by atoms with E-state index in [9.17, 15) is 8.42 Å². The van der Waals surface area contributed by atoms with E-state index >= 15 is 0 Å². The van der Waals surface area contributed by atoms with Crippen LogP contribution in [-0.2, 0) is 28.4 Å². The maximum Gasteiger partial charge on any atom is 0.243 e. The minimum atomic E-state index is -3.53. The Morgan fingerprint density at radius 3 is 2.31 bits per heavy atom. The van der Waals surface area contributed by atoms with Crippen LogP contribution in [0, 0.1) is 0 Å². The average Bonchev–Trinajstić information content (AvgIpc) is 2.73. The van der Waals surface area contributed by atoms with E-state index in [1.807, 2.05) is 18.3 Å². The van der Waals surface area contributed by atoms with Crippen molar-refractivity contribution in [3.05, 3.63) is 47.3 Å². The van der Waals surface area contributed by atoms with Crippen LogP contribution in [0.5, 0.6) is 0 Å². The Labute approximate surface area is 174 Å². The van der Waals surface area contributed by atoms with E-state index in [1.165, 1.54) is 19.3 Å². The number of sulfonamides is 1. The Bertz CT molecular complexity index is 975. The highest BCUT2D eigenvalue weighted by molar-refractivity contribution is 7.89. The third-order valence-corrected chi connectivity index (χ3v) is 7.74. The molecule has 1 saturated heterocycles. The molecule has 2 aliphatic heterocycles. The van der Waals surface area contributed by atoms with Crippen LogP contribution in [0.4, 0.5) is 5.95 Å². The summed E-state index contributed by atoms with van der Waals surface area (Å²) in [7, 11) is -3.53. The molecule has 0 bridgehead atoms. The van der Waals surface area contributed by atoms with Crippen LogP contribution in [0.15, 0.2) is 35.4 Å². The zero-order valence-corrected chi connectivity index (χ0v) is 18.4. The third-order valence-electron chi connectivity index (χ3n) is 5.88. The van der Waals surface area contributed by atoms with E-state index in [4.69, 9.17) is 4.98 Å². The molecule has 7 heteroatoms. The summed E-state index contributed by atoms with van der Waals surface area (Å²) in [5, 5.41) is 0. The van der Waals surface area contributed by atoms with Gasteiger partial charge in [0, 0.05) is 44.4 Å². The summed E-state index contributed by atoms with van der Waals surface area (Å²) >= 11 is 0. The number of piperidine rings is 1. The molecule has 1 fully saturated rings. The van der Waals surface area contributed by atoms with Crippen molar-refractivity contribution in [1.29, 1.82) is 0 Å². The molecule has 2 aromatic rings. The lowest BCUT2D eigenvalue weighted by Crippen LogP contribution is -2.37. The summed E-state index contributed by atoms with van der Waals surface area (Å²) in [4.78, 5) is 11.9. The van der Waals surface area contributed by atoms with Crippen LogP contribution >= 0.6 is 0 Å². The van der Waals surface area contributed by atoms with Gasteiger partial charge < -0.3 is 4.90 Å². The van der Waals surface area contributed by atoms with Crippen molar-refractivity contribution in [3.8, 4) is 0 Å². The van der Waals surface area contributed by atoms with Crippen LogP contribution in [-0.4, -0.2) is 42.3 Å². The predicted octanol–water partition coefficient (Wildman–Crippen LogP) is 3.51. The van der Waals surface area contributed by atoms with E-state index < -0.39 is 10.0 Å². The molecule has 156 valence electrons. The van der Waals surface area contributed by atoms with Gasteiger partial charge in [0.25, 0.3) is 0 Å². The lowest BCUT2D eigenvalue weighted by Gasteiger charge is -2.30. The van der Waals surface area contributed by atoms with E-state index in [0.29, 0.717) is 24.4 Å². The van der Waals surface area contributed by atoms with Crippen molar-refractivity contribution in [2.24, 2.45) is 0 Å². The van der Waals surface area contributed by atoms with E-state index in [0.717, 1.165) is 35.9 Å². The van der Waals surface area contributed by atoms with Gasteiger partial charge in [-0.3, -0.25) is 0 Å². The summed E-state index contributed by atoms with van der Waals surface area (Å²) in [6.07, 6.45) is 6.07. The fraction of sp³-hybridized carbons (Fsp3) is 0.545. The van der Waals surface area contributed by atoms with Crippen LogP contribution in [0.3, 0.4) is 0 Å². The monoisotopic (exact) mass is 414 g/mol. The fourth-order valence-corrected chi connectivity index (χ4v) is 5.43. The SMILES string of the molecule is CC(C)(C)c1ccc(S(=O)(=O)N2CCc3nc(N4CCCCC4)ncc3C2)cc1. The minimum Gasteiger partial charge on any atom is -0.341 e. The quantitative estimate of drug-likeness (QED) is 0.769. The van der Waals surface area contributed by atoms with E-state index in [2.05, 4.69) is 30.7 Å². The Kier molecular flexibility index (Phi) is 5.38. The second-order valence-electron chi connectivity index (χ2n) is 9.05. The molecule has 6 nitrogen and oxygen atoms in total. The fourth-order valence-electron chi connectivity index (χ4n) is 4.01. The molecule has 1 aromatic heterocycles. The maximum absolute atomic E-state index is 13.1. The number of nitrogens with zero attached hydrogens (tertiary/aromatic N) is 4. The number of anilines is 1. The maximum atomic E-state index is 13.1. The van der Waals surface area contributed by atoms with Crippen molar-refractivity contribution in [3.63, 3.8) is 0 Å². The minimum absolute atomic E-state index is 0.00421. The van der Waals surface area contributed by atoms with Gasteiger partial charge in [0.05, 0.1) is 10.6 Å². The molecule has 0 N–H and O–H groups in total. The van der Waals surface area contributed by atoms with Gasteiger partial charge in [0.2, 0.25) is 16.0 Å². The second-order valence-corrected chi connectivity index (χ2v) is 11.0. The average molecular weight is 415 g/mol. The van der Waals surface area contributed by atoms with Gasteiger partial charge in [-0.1, -0.05) is 32.9 Å². The molecular weight excluding hydrogens is 384 g/mol. The summed E-state index contributed by atoms with van der Waals surface area (Å²) < 4.78 is 27.8. The summed E-state index contributed by atoms with van der Waals surface area (Å²) in [5.41, 5.74) is 3.01. The number of hydrogen-bond acceptors (Lipinski definition) is 5. The van der Waals surface area contributed by atoms with Crippen molar-refractivity contribution >= 4 is 16.0 Å². The van der Waals surface area contributed by atoms with Crippen LogP contribution in [0.25, 0.3) is 0 Å². The number of hydrogen-bond donors (Lipinski definition) is 0. The van der Waals surface area contributed by atoms with E-state index in [-0.39, 0.29) is 5.41 Å². The molecule has 3 heterocycles. The second kappa shape index (κ2) is 7.69. The Hall–Kier alpha value is -1.99. The van der Waals surface area contributed by atoms with Crippen molar-refractivity contribution in [2.75, 3.05) is 24.5 Å². The third kappa shape index (κ3) is 4.16. The normalized spacial score (nSPS) is 18.5. The summed E-state index contributed by atoms with van der Waals surface area (Å²) in [6, 6.07) is 7.28. The lowest BCUT2D eigenvalue weighted by molar-refractivity contribution is 0.386. The molecule has 0 saturated carbocycles. The lowest BCUT2D eigenvalue weighted by atomic mass is 9.87. The van der Waals surface area contributed by atoms with E-state index in [1.54, 1.807) is 16.4 Å². The summed E-state index contributed by atoms with van der Waals surface area (Å²) in [6.45, 7) is 9.15. The van der Waals surface area contributed by atoms with Gasteiger partial charge in [-0.2, -0.15) is 4.31 Å². The Morgan fingerprint density at radius 2 is 1.66 bits per heavy atom. The molecule has 0 radical (unpaired) electrons. The number of aromatic nitrogens is 2. The van der Waals surface area contributed by atoms with Gasteiger partial charge in [-0.15, -0.1) is 0 Å². The first-order valence-corrected chi connectivity index (χ1v) is 11.9. The standard InChI is InChI=1S/C22H30N4O2S/c1-22(2,3)18-7-9-19(10-8-18)29(27,28)26-14-11-20-17(16-26)15-23-21(24-20)25-12-5-4-6-13-25/h7-10,15H,4-6,11-14,16H2,1-3H3. The Balaban J connectivity index is 1.53. The topological polar surface area (TPSA) is 66.4 Å². The molecule has 29 heavy (non-hydrogen) atoms. The van der Waals surface area contributed by atoms with Gasteiger partial charge in [0.1, 0.15) is 0 Å². The summed E-state index contributed by atoms with van der Waals surface area (Å²) in [5.74, 6) is 0.789. The van der Waals surface area contributed by atoms with Gasteiger partial charge in [-0.05, 0) is 42.4 Å². The van der Waals surface area contributed by atoms with Gasteiger partial charge in [0.15, 0.2) is 0 Å². The van der Waals surface area contributed by atoms with Crippen molar-refractivity contribution in [2.45, 2.75) is 63.3 Å². The smallest absolute Gasteiger partial charge is 0.243 e. The predicted molar refractivity (Wildman–Crippen MR) is 115 cm³/mol. The molecule has 4 rings (SSSR count). The first kappa shape index (κ1) is 20.3. The highest BCUT2D eigenvalue weighted by Crippen LogP contribution is 2.28. The van der Waals surface area contributed by atoms with Crippen molar-refractivity contribution in [1.82, 2.24) is 14.3 Å². The highest BCUT2D eigenvalue weighted by atomic mass is 32.2. The first-order valence-electron chi connectivity index (χ1n) is 10.5. The molecule has 0 amide bonds. The molecular formula is C22H30N4O2S. The molecule has 0 unspecified atom stereocenters. The zero-order valence-electron chi connectivity index (χ0n) is 17.6. The largest absolute Gasteiger partial charge is 0.341 e. The molecule has 0 spiro atoms. The molecule has 1 aromatic carbocycles. The van der Waals surface area contributed by atoms with Crippen molar-refractivity contribution < 1.29 is 8.42 Å². The number of fused-ring (bicyclic) bond motifs is 1. The van der Waals surface area contributed by atoms with Crippen LogP contribution in [0.2, 0.25) is 0 Å². The zero-order chi connectivity index (χ0) is 20.6. The molecule has 2 aliphatic rings. The van der Waals surface area contributed by atoms with Crippen LogP contribution in [0.1, 0.15) is 56.9 Å². The van der Waals surface area contributed by atoms with Gasteiger partial charge >= 0.3 is 0 Å². The van der Waals surface area contributed by atoms with Gasteiger partial charge in [-0.25, -0.2) is 18.4 Å². The molecule has 0 aliphatic carbocycles. The Morgan fingerprint density at radius 1 is 0.966 bits per heavy atom. The number of benzene rings is 1. The highest BCUT2D eigenvalue weighted by Gasteiger charge is 2.30. The first-order chi connectivity index (χ1) is 13.7. The van der Waals surface area contributed by atoms with Crippen LogP contribution < -0.4 is 4.90 Å². The number of rotatable bonds is 3. The molecule has 0 atom stereocenters.